The summed E-state index contributed by atoms with van der Waals surface area (Å²) < 4.78 is 0. The molecule has 1 aliphatic rings. The van der Waals surface area contributed by atoms with Gasteiger partial charge in [-0.15, -0.1) is 0 Å². The first kappa shape index (κ1) is 15.3. The molecule has 1 atom stereocenters. The summed E-state index contributed by atoms with van der Waals surface area (Å²) in [5.74, 6) is 0. The summed E-state index contributed by atoms with van der Waals surface area (Å²) in [7, 11) is 4.11. The molecule has 0 aromatic heterocycles. The summed E-state index contributed by atoms with van der Waals surface area (Å²) in [5.41, 5.74) is 2.26. The average molecular weight is 276 g/mol. The number of anilines is 1. The van der Waals surface area contributed by atoms with E-state index in [0.29, 0.717) is 6.04 Å². The normalized spacial score (nSPS) is 17.9. The van der Waals surface area contributed by atoms with Crippen LogP contribution in [0.5, 0.6) is 0 Å². The lowest BCUT2D eigenvalue weighted by molar-refractivity contribution is 0.168. The molecule has 1 aromatic rings. The Morgan fingerprint density at radius 2 is 2.05 bits per heavy atom. The summed E-state index contributed by atoms with van der Waals surface area (Å²) in [6.07, 6.45) is 7.05. The highest BCUT2D eigenvalue weighted by Gasteiger charge is 2.19. The lowest BCUT2D eigenvalue weighted by Crippen LogP contribution is -2.33. The molecule has 0 bridgehead atoms. The van der Waals surface area contributed by atoms with E-state index in [9.17, 15) is 5.11 Å². The lowest BCUT2D eigenvalue weighted by Gasteiger charge is -2.33. The van der Waals surface area contributed by atoms with Gasteiger partial charge in [-0.05, 0) is 50.6 Å². The van der Waals surface area contributed by atoms with Crippen molar-refractivity contribution in [1.29, 1.82) is 0 Å². The van der Waals surface area contributed by atoms with Crippen molar-refractivity contribution in [1.82, 2.24) is 5.32 Å². The Balaban J connectivity index is 2.04. The zero-order valence-corrected chi connectivity index (χ0v) is 12.8. The maximum atomic E-state index is 10.2. The van der Waals surface area contributed by atoms with E-state index < -0.39 is 0 Å². The van der Waals surface area contributed by atoms with Gasteiger partial charge in [-0.2, -0.15) is 0 Å². The predicted molar refractivity (Wildman–Crippen MR) is 85.2 cm³/mol. The minimum absolute atomic E-state index is 0.373. The monoisotopic (exact) mass is 276 g/mol. The Bertz CT molecular complexity index is 402. The molecule has 1 aliphatic carbocycles. The number of rotatable bonds is 6. The van der Waals surface area contributed by atoms with Gasteiger partial charge in [0.05, 0.1) is 6.10 Å². The molecule has 0 heterocycles. The molecule has 3 nitrogen and oxygen atoms in total. The van der Waals surface area contributed by atoms with Crippen LogP contribution in [-0.4, -0.2) is 31.8 Å². The largest absolute Gasteiger partial charge is 0.388 e. The Kier molecular flexibility index (Phi) is 5.86. The van der Waals surface area contributed by atoms with Crippen LogP contribution in [-0.2, 0) is 0 Å². The summed E-state index contributed by atoms with van der Waals surface area (Å²) in [5, 5.41) is 13.3. The molecular weight excluding hydrogens is 248 g/mol. The molecule has 0 aliphatic heterocycles. The Morgan fingerprint density at radius 3 is 2.75 bits per heavy atom. The molecule has 2 N–H and O–H groups in total. The molecule has 1 unspecified atom stereocenters. The van der Waals surface area contributed by atoms with Gasteiger partial charge in [0.25, 0.3) is 0 Å². The second-order valence-electron chi connectivity index (χ2n) is 5.91. The number of hydrogen-bond donors (Lipinski definition) is 2. The van der Waals surface area contributed by atoms with Crippen molar-refractivity contribution in [2.24, 2.45) is 0 Å². The van der Waals surface area contributed by atoms with Crippen LogP contribution in [0.4, 0.5) is 5.69 Å². The molecule has 1 saturated carbocycles. The third kappa shape index (κ3) is 3.97. The molecule has 1 fully saturated rings. The van der Waals surface area contributed by atoms with E-state index in [1.807, 2.05) is 13.1 Å². The number of nitrogens with zero attached hydrogens (tertiary/aromatic N) is 1. The third-order valence-corrected chi connectivity index (χ3v) is 4.45. The lowest BCUT2D eigenvalue weighted by atomic mass is 9.94. The molecule has 0 amide bonds. The number of aliphatic hydroxyl groups excluding tert-OH is 1. The number of benzene rings is 1. The van der Waals surface area contributed by atoms with Crippen LogP contribution in [0.25, 0.3) is 0 Å². The average Bonchev–Trinajstić information content (AvgIpc) is 2.52. The smallest absolute Gasteiger partial charge is 0.0802 e. The van der Waals surface area contributed by atoms with Gasteiger partial charge in [-0.1, -0.05) is 31.4 Å². The van der Waals surface area contributed by atoms with Crippen LogP contribution in [0, 0.1) is 0 Å². The fourth-order valence-electron chi connectivity index (χ4n) is 3.08. The van der Waals surface area contributed by atoms with E-state index in [0.717, 1.165) is 18.5 Å². The van der Waals surface area contributed by atoms with E-state index >= 15 is 0 Å². The van der Waals surface area contributed by atoms with Crippen LogP contribution in [0.3, 0.4) is 0 Å². The quantitative estimate of drug-likeness (QED) is 0.838. The van der Waals surface area contributed by atoms with E-state index in [1.54, 1.807) is 0 Å². The zero-order chi connectivity index (χ0) is 14.4. The highest BCUT2D eigenvalue weighted by molar-refractivity contribution is 5.49. The van der Waals surface area contributed by atoms with Gasteiger partial charge >= 0.3 is 0 Å². The number of aliphatic hydroxyl groups is 1. The standard InChI is InChI=1S/C17H28N2O/c1-18-12-11-17(20)14-7-6-10-16(13-14)19(2)15-8-4-3-5-9-15/h6-7,10,13,15,17-18,20H,3-5,8-9,11-12H2,1-2H3. The zero-order valence-electron chi connectivity index (χ0n) is 12.8. The van der Waals surface area contributed by atoms with Crippen LogP contribution in [0.1, 0.15) is 50.2 Å². The molecule has 0 radical (unpaired) electrons. The minimum Gasteiger partial charge on any atom is -0.388 e. The van der Waals surface area contributed by atoms with E-state index in [-0.39, 0.29) is 6.10 Å². The van der Waals surface area contributed by atoms with Crippen molar-refractivity contribution in [2.75, 3.05) is 25.5 Å². The topological polar surface area (TPSA) is 35.5 Å². The minimum atomic E-state index is -0.373. The van der Waals surface area contributed by atoms with Crippen molar-refractivity contribution in [2.45, 2.75) is 50.7 Å². The number of nitrogens with one attached hydrogen (secondary N) is 1. The maximum Gasteiger partial charge on any atom is 0.0802 e. The van der Waals surface area contributed by atoms with Crippen molar-refractivity contribution in [3.8, 4) is 0 Å². The van der Waals surface area contributed by atoms with Crippen LogP contribution < -0.4 is 10.2 Å². The van der Waals surface area contributed by atoms with Gasteiger partial charge < -0.3 is 15.3 Å². The van der Waals surface area contributed by atoms with Gasteiger partial charge in [0.1, 0.15) is 0 Å². The second-order valence-corrected chi connectivity index (χ2v) is 5.91. The van der Waals surface area contributed by atoms with Crippen molar-refractivity contribution < 1.29 is 5.11 Å². The predicted octanol–water partition coefficient (Wildman–Crippen LogP) is 3.10. The molecule has 2 rings (SSSR count). The summed E-state index contributed by atoms with van der Waals surface area (Å²) in [6.45, 7) is 0.837. The molecular formula is C17H28N2O. The second kappa shape index (κ2) is 7.65. The first-order valence-electron chi connectivity index (χ1n) is 7.88. The van der Waals surface area contributed by atoms with Gasteiger partial charge in [0, 0.05) is 18.8 Å². The Morgan fingerprint density at radius 1 is 1.30 bits per heavy atom. The van der Waals surface area contributed by atoms with E-state index in [4.69, 9.17) is 0 Å². The molecule has 3 heteroatoms. The first-order chi connectivity index (χ1) is 9.72. The number of hydrogen-bond acceptors (Lipinski definition) is 3. The molecule has 0 saturated heterocycles. The maximum absolute atomic E-state index is 10.2. The third-order valence-electron chi connectivity index (χ3n) is 4.45. The Labute approximate surface area is 123 Å². The van der Waals surface area contributed by atoms with Crippen molar-refractivity contribution >= 4 is 5.69 Å². The van der Waals surface area contributed by atoms with Crippen LogP contribution in [0.2, 0.25) is 0 Å². The fraction of sp³-hybridized carbons (Fsp3) is 0.647. The van der Waals surface area contributed by atoms with E-state index in [1.165, 1.54) is 37.8 Å². The van der Waals surface area contributed by atoms with Gasteiger partial charge in [0.2, 0.25) is 0 Å². The van der Waals surface area contributed by atoms with Gasteiger partial charge in [-0.25, -0.2) is 0 Å². The van der Waals surface area contributed by atoms with E-state index in [2.05, 4.69) is 35.5 Å². The summed E-state index contributed by atoms with van der Waals surface area (Å²) >= 11 is 0. The van der Waals surface area contributed by atoms with Crippen LogP contribution in [0.15, 0.2) is 24.3 Å². The first-order valence-corrected chi connectivity index (χ1v) is 7.88. The molecule has 0 spiro atoms. The fourth-order valence-corrected chi connectivity index (χ4v) is 3.08. The molecule has 1 aromatic carbocycles. The molecule has 20 heavy (non-hydrogen) atoms. The highest BCUT2D eigenvalue weighted by atomic mass is 16.3. The molecule has 112 valence electrons. The summed E-state index contributed by atoms with van der Waals surface area (Å²) in [4.78, 5) is 2.40. The van der Waals surface area contributed by atoms with Gasteiger partial charge in [0.15, 0.2) is 0 Å². The van der Waals surface area contributed by atoms with Gasteiger partial charge in [-0.3, -0.25) is 0 Å². The summed E-state index contributed by atoms with van der Waals surface area (Å²) in [6, 6.07) is 9.05. The van der Waals surface area contributed by atoms with Crippen molar-refractivity contribution in [3.63, 3.8) is 0 Å². The Hall–Kier alpha value is -1.06. The SMILES string of the molecule is CNCCC(O)c1cccc(N(C)C2CCCCC2)c1. The van der Waals surface area contributed by atoms with Crippen molar-refractivity contribution in [3.05, 3.63) is 29.8 Å². The van der Waals surface area contributed by atoms with Crippen LogP contribution >= 0.6 is 0 Å². The highest BCUT2D eigenvalue weighted by Crippen LogP contribution is 2.28.